The topological polar surface area (TPSA) is 52.8 Å². The molecule has 0 amide bonds. The second-order valence-electron chi connectivity index (χ2n) is 2.16. The third kappa shape index (κ3) is 2.44. The van der Waals surface area contributed by atoms with Crippen molar-refractivity contribution in [3.63, 3.8) is 0 Å². The maximum Gasteiger partial charge on any atom is 0.241 e. The van der Waals surface area contributed by atoms with Crippen LogP contribution in [-0.4, -0.2) is 16.5 Å². The zero-order valence-electron chi connectivity index (χ0n) is 6.83. The number of anilines is 1. The molecular formula is C7H6Cl2N4. The standard InChI is InChI=1S/C7H6Cl2N4/c1-2-13(4-10)7-11-5(8)3-6(9)12-7/h3H,2H2,1H3. The van der Waals surface area contributed by atoms with Crippen molar-refractivity contribution in [1.29, 1.82) is 5.26 Å². The summed E-state index contributed by atoms with van der Waals surface area (Å²) in [4.78, 5) is 8.99. The Bertz CT molecular complexity index is 327. The van der Waals surface area contributed by atoms with Crippen molar-refractivity contribution < 1.29 is 0 Å². The van der Waals surface area contributed by atoms with Crippen molar-refractivity contribution in [2.45, 2.75) is 6.92 Å². The zero-order chi connectivity index (χ0) is 9.84. The van der Waals surface area contributed by atoms with E-state index in [1.807, 2.05) is 6.19 Å². The molecule has 0 atom stereocenters. The third-order valence-corrected chi connectivity index (χ3v) is 1.72. The van der Waals surface area contributed by atoms with Gasteiger partial charge in [0.1, 0.15) is 10.3 Å². The molecule has 0 spiro atoms. The lowest BCUT2D eigenvalue weighted by atomic mass is 10.6. The number of aromatic nitrogens is 2. The average Bonchev–Trinajstić information content (AvgIpc) is 2.04. The molecule has 0 aliphatic carbocycles. The Morgan fingerprint density at radius 1 is 1.46 bits per heavy atom. The quantitative estimate of drug-likeness (QED) is 0.432. The van der Waals surface area contributed by atoms with Gasteiger partial charge in [-0.25, -0.2) is 4.90 Å². The second kappa shape index (κ2) is 4.26. The van der Waals surface area contributed by atoms with Crippen LogP contribution in [0.3, 0.4) is 0 Å². The molecule has 0 bridgehead atoms. The van der Waals surface area contributed by atoms with Crippen LogP contribution in [0.25, 0.3) is 0 Å². The molecule has 6 heteroatoms. The average molecular weight is 217 g/mol. The van der Waals surface area contributed by atoms with Crippen LogP contribution in [0, 0.1) is 11.5 Å². The Kier molecular flexibility index (Phi) is 3.29. The summed E-state index contributed by atoms with van der Waals surface area (Å²) in [6.45, 7) is 2.29. The first kappa shape index (κ1) is 10.0. The number of nitriles is 1. The van der Waals surface area contributed by atoms with Gasteiger partial charge in [0.15, 0.2) is 6.19 Å². The van der Waals surface area contributed by atoms with Crippen molar-refractivity contribution in [1.82, 2.24) is 9.97 Å². The summed E-state index contributed by atoms with van der Waals surface area (Å²) in [6, 6.07) is 1.41. The van der Waals surface area contributed by atoms with E-state index in [4.69, 9.17) is 28.5 Å². The van der Waals surface area contributed by atoms with E-state index in [1.54, 1.807) is 6.92 Å². The van der Waals surface area contributed by atoms with E-state index in [9.17, 15) is 0 Å². The van der Waals surface area contributed by atoms with Gasteiger partial charge in [0.2, 0.25) is 5.95 Å². The smallest absolute Gasteiger partial charge is 0.241 e. The second-order valence-corrected chi connectivity index (χ2v) is 2.93. The molecule has 13 heavy (non-hydrogen) atoms. The molecule has 0 aliphatic rings. The van der Waals surface area contributed by atoms with Gasteiger partial charge in [-0.05, 0) is 6.92 Å². The summed E-state index contributed by atoms with van der Waals surface area (Å²) in [5, 5.41) is 9.12. The lowest BCUT2D eigenvalue weighted by molar-refractivity contribution is 0.949. The molecule has 0 fully saturated rings. The van der Waals surface area contributed by atoms with E-state index < -0.39 is 0 Å². The van der Waals surface area contributed by atoms with Gasteiger partial charge in [0.25, 0.3) is 0 Å². The van der Waals surface area contributed by atoms with E-state index in [-0.39, 0.29) is 16.3 Å². The lowest BCUT2D eigenvalue weighted by Gasteiger charge is -2.09. The van der Waals surface area contributed by atoms with Crippen LogP contribution >= 0.6 is 23.2 Å². The highest BCUT2D eigenvalue weighted by atomic mass is 35.5. The predicted molar refractivity (Wildman–Crippen MR) is 50.7 cm³/mol. The minimum absolute atomic E-state index is 0.225. The molecule has 0 radical (unpaired) electrons. The third-order valence-electron chi connectivity index (χ3n) is 1.33. The fourth-order valence-electron chi connectivity index (χ4n) is 0.756. The van der Waals surface area contributed by atoms with Crippen LogP contribution < -0.4 is 4.90 Å². The molecule has 1 aromatic heterocycles. The number of halogens is 2. The number of hydrogen-bond acceptors (Lipinski definition) is 4. The van der Waals surface area contributed by atoms with E-state index in [2.05, 4.69) is 9.97 Å². The maximum absolute atomic E-state index is 8.67. The van der Waals surface area contributed by atoms with E-state index in [0.29, 0.717) is 6.54 Å². The molecule has 0 saturated heterocycles. The van der Waals surface area contributed by atoms with Crippen LogP contribution in [-0.2, 0) is 0 Å². The first-order valence-electron chi connectivity index (χ1n) is 3.54. The zero-order valence-corrected chi connectivity index (χ0v) is 8.34. The van der Waals surface area contributed by atoms with Crippen molar-refractivity contribution in [3.05, 3.63) is 16.4 Å². The molecule has 4 nitrogen and oxygen atoms in total. The van der Waals surface area contributed by atoms with Gasteiger partial charge in [-0.1, -0.05) is 23.2 Å². The highest BCUT2D eigenvalue weighted by Crippen LogP contribution is 2.16. The SMILES string of the molecule is CCN(C#N)c1nc(Cl)cc(Cl)n1. The molecule has 0 N–H and O–H groups in total. The van der Waals surface area contributed by atoms with Crippen molar-refractivity contribution in [3.8, 4) is 6.19 Å². The highest BCUT2D eigenvalue weighted by Gasteiger charge is 2.08. The highest BCUT2D eigenvalue weighted by molar-refractivity contribution is 6.33. The number of nitrogens with zero attached hydrogens (tertiary/aromatic N) is 4. The minimum Gasteiger partial charge on any atom is -0.247 e. The molecule has 1 heterocycles. The van der Waals surface area contributed by atoms with Gasteiger partial charge in [-0.15, -0.1) is 0 Å². The van der Waals surface area contributed by atoms with Gasteiger partial charge in [0.05, 0.1) is 0 Å². The Labute approximate surface area is 85.7 Å². The first-order valence-corrected chi connectivity index (χ1v) is 4.30. The van der Waals surface area contributed by atoms with Crippen LogP contribution in [0.4, 0.5) is 5.95 Å². The molecular weight excluding hydrogens is 211 g/mol. The Morgan fingerprint density at radius 3 is 2.38 bits per heavy atom. The molecule has 0 saturated carbocycles. The van der Waals surface area contributed by atoms with Crippen LogP contribution in [0.5, 0.6) is 0 Å². The monoisotopic (exact) mass is 216 g/mol. The van der Waals surface area contributed by atoms with Crippen molar-refractivity contribution in [2.75, 3.05) is 11.4 Å². The summed E-state index contributed by atoms with van der Waals surface area (Å²) in [6.07, 6.45) is 1.91. The number of hydrogen-bond donors (Lipinski definition) is 0. The van der Waals surface area contributed by atoms with E-state index in [1.165, 1.54) is 11.0 Å². The first-order chi connectivity index (χ1) is 6.17. The van der Waals surface area contributed by atoms with Gasteiger partial charge < -0.3 is 0 Å². The van der Waals surface area contributed by atoms with Gasteiger partial charge in [-0.3, -0.25) is 0 Å². The summed E-state index contributed by atoms with van der Waals surface area (Å²) in [5.74, 6) is 0.225. The molecule has 0 aromatic carbocycles. The Hall–Kier alpha value is -1.05. The van der Waals surface area contributed by atoms with Crippen LogP contribution in [0.2, 0.25) is 10.3 Å². The molecule has 68 valence electrons. The van der Waals surface area contributed by atoms with Crippen molar-refractivity contribution >= 4 is 29.2 Å². The molecule has 0 aliphatic heterocycles. The molecule has 0 unspecified atom stereocenters. The summed E-state index contributed by atoms with van der Waals surface area (Å²) in [7, 11) is 0. The fourth-order valence-corrected chi connectivity index (χ4v) is 1.17. The Morgan fingerprint density at radius 2 is 2.00 bits per heavy atom. The molecule has 1 rings (SSSR count). The van der Waals surface area contributed by atoms with Gasteiger partial charge in [-0.2, -0.15) is 15.2 Å². The normalized spacial score (nSPS) is 9.38. The van der Waals surface area contributed by atoms with Gasteiger partial charge >= 0.3 is 0 Å². The Balaban J connectivity index is 3.08. The largest absolute Gasteiger partial charge is 0.247 e. The van der Waals surface area contributed by atoms with Crippen LogP contribution in [0.1, 0.15) is 6.92 Å². The predicted octanol–water partition coefficient (Wildman–Crippen LogP) is 2.09. The van der Waals surface area contributed by atoms with Crippen LogP contribution in [0.15, 0.2) is 6.07 Å². The van der Waals surface area contributed by atoms with Gasteiger partial charge in [0, 0.05) is 12.6 Å². The van der Waals surface area contributed by atoms with E-state index in [0.717, 1.165) is 0 Å². The summed E-state index contributed by atoms with van der Waals surface area (Å²) in [5.41, 5.74) is 0. The number of rotatable bonds is 2. The molecule has 1 aromatic rings. The summed E-state index contributed by atoms with van der Waals surface area (Å²) >= 11 is 11.3. The van der Waals surface area contributed by atoms with E-state index >= 15 is 0 Å². The summed E-state index contributed by atoms with van der Waals surface area (Å²) < 4.78 is 0. The minimum atomic E-state index is 0.225. The fraction of sp³-hybridized carbons (Fsp3) is 0.286. The maximum atomic E-state index is 8.67. The van der Waals surface area contributed by atoms with Crippen molar-refractivity contribution in [2.24, 2.45) is 0 Å². The lowest BCUT2D eigenvalue weighted by Crippen LogP contribution is -2.18.